The first-order chi connectivity index (χ1) is 18.0. The van der Waals surface area contributed by atoms with Crippen molar-refractivity contribution in [3.8, 4) is 17.2 Å². The zero-order valence-electron chi connectivity index (χ0n) is 21.9. The van der Waals surface area contributed by atoms with Gasteiger partial charge in [-0.15, -0.1) is 0 Å². The Morgan fingerprint density at radius 3 is 2.54 bits per heavy atom. The quantitative estimate of drug-likeness (QED) is 0.477. The summed E-state index contributed by atoms with van der Waals surface area (Å²) >= 11 is 0. The number of rotatable bonds is 9. The van der Waals surface area contributed by atoms with Gasteiger partial charge >= 0.3 is 5.97 Å². The van der Waals surface area contributed by atoms with Crippen LogP contribution >= 0.6 is 0 Å². The molecule has 0 N–H and O–H groups in total. The minimum Gasteiger partial charge on any atom is -0.497 e. The van der Waals surface area contributed by atoms with E-state index >= 15 is 0 Å². The minimum absolute atomic E-state index is 0.134. The summed E-state index contributed by atoms with van der Waals surface area (Å²) in [6.07, 6.45) is 2.13. The van der Waals surface area contributed by atoms with Crippen molar-refractivity contribution in [3.63, 3.8) is 0 Å². The average Bonchev–Trinajstić information content (AvgIpc) is 3.38. The number of carbonyl (C=O) groups excluding carboxylic acids is 2. The lowest BCUT2D eigenvalue weighted by Crippen LogP contribution is -2.44. The third-order valence-electron chi connectivity index (χ3n) is 6.85. The zero-order chi connectivity index (χ0) is 26.4. The number of hydrogen-bond acceptors (Lipinski definition) is 8. The summed E-state index contributed by atoms with van der Waals surface area (Å²) < 4.78 is 21.6. The van der Waals surface area contributed by atoms with Crippen LogP contribution in [0.25, 0.3) is 0 Å². The molecule has 0 saturated carbocycles. The fourth-order valence-electron chi connectivity index (χ4n) is 4.97. The molecule has 37 heavy (non-hydrogen) atoms. The van der Waals surface area contributed by atoms with E-state index in [1.54, 1.807) is 33.3 Å². The molecule has 4 rings (SSSR count). The average molecular weight is 510 g/mol. The number of carbonyl (C=O) groups is 2. The molecule has 9 heteroatoms. The largest absolute Gasteiger partial charge is 0.497 e. The van der Waals surface area contributed by atoms with Crippen molar-refractivity contribution >= 4 is 17.6 Å². The Hall–Kier alpha value is -3.59. The minimum atomic E-state index is -0.347. The van der Waals surface area contributed by atoms with Crippen molar-refractivity contribution in [1.82, 2.24) is 9.91 Å². The lowest BCUT2D eigenvalue weighted by molar-refractivity contribution is -0.150. The van der Waals surface area contributed by atoms with E-state index in [-0.39, 0.29) is 30.4 Å². The van der Waals surface area contributed by atoms with Crippen LogP contribution in [0.1, 0.15) is 43.4 Å². The fraction of sp³-hybridized carbons (Fsp3) is 0.464. The zero-order valence-corrected chi connectivity index (χ0v) is 21.9. The van der Waals surface area contributed by atoms with E-state index in [4.69, 9.17) is 24.0 Å². The first-order valence-corrected chi connectivity index (χ1v) is 12.6. The van der Waals surface area contributed by atoms with E-state index in [0.29, 0.717) is 31.1 Å². The number of piperidine rings is 1. The number of likely N-dealkylation sites (tertiary alicyclic amines) is 1. The second-order valence-corrected chi connectivity index (χ2v) is 9.17. The maximum absolute atomic E-state index is 13.7. The molecule has 0 bridgehead atoms. The molecule has 2 aliphatic rings. The summed E-state index contributed by atoms with van der Waals surface area (Å²) in [5.74, 6) is 1.48. The van der Waals surface area contributed by atoms with Gasteiger partial charge in [0.15, 0.2) is 0 Å². The van der Waals surface area contributed by atoms with Crippen LogP contribution in [-0.4, -0.2) is 75.1 Å². The van der Waals surface area contributed by atoms with Gasteiger partial charge in [0.05, 0.1) is 52.2 Å². The third kappa shape index (κ3) is 6.05. The van der Waals surface area contributed by atoms with Gasteiger partial charge in [-0.2, -0.15) is 5.10 Å². The highest BCUT2D eigenvalue weighted by molar-refractivity contribution is 6.03. The van der Waals surface area contributed by atoms with Crippen molar-refractivity contribution in [3.05, 3.63) is 53.6 Å². The molecule has 198 valence electrons. The Balaban J connectivity index is 1.61. The number of amides is 1. The molecular weight excluding hydrogens is 474 g/mol. The van der Waals surface area contributed by atoms with Gasteiger partial charge in [0, 0.05) is 30.2 Å². The number of benzene rings is 2. The Labute approximate surface area is 217 Å². The van der Waals surface area contributed by atoms with Crippen molar-refractivity contribution < 1.29 is 28.5 Å². The standard InChI is InChI=1S/C28H35N3O6/c1-5-37-28(33)20-9-7-13-30(17-20)18-27(32)31-25(23-12-11-22(35-3)15-26(23)36-4)16-24(29-31)19-8-6-10-21(14-19)34-2/h6,8,10-12,14-15,20,25H,5,7,9,13,16-18H2,1-4H3/t20-,25+/m0/s1. The maximum atomic E-state index is 13.7. The Morgan fingerprint density at radius 2 is 1.81 bits per heavy atom. The van der Waals surface area contributed by atoms with Crippen LogP contribution in [-0.2, 0) is 14.3 Å². The molecule has 0 spiro atoms. The molecule has 2 heterocycles. The molecule has 1 amide bonds. The Kier molecular flexibility index (Phi) is 8.66. The summed E-state index contributed by atoms with van der Waals surface area (Å²) in [4.78, 5) is 28.0. The van der Waals surface area contributed by atoms with Crippen LogP contribution < -0.4 is 14.2 Å². The van der Waals surface area contributed by atoms with Crippen molar-refractivity contribution in [2.24, 2.45) is 11.0 Å². The van der Waals surface area contributed by atoms with Crippen LogP contribution in [0, 0.1) is 5.92 Å². The van der Waals surface area contributed by atoms with E-state index in [1.165, 1.54) is 0 Å². The smallest absolute Gasteiger partial charge is 0.310 e. The predicted octanol–water partition coefficient (Wildman–Crippen LogP) is 3.67. The monoisotopic (exact) mass is 509 g/mol. The highest BCUT2D eigenvalue weighted by atomic mass is 16.5. The normalized spacial score (nSPS) is 19.8. The maximum Gasteiger partial charge on any atom is 0.310 e. The molecule has 2 aliphatic heterocycles. The SMILES string of the molecule is CCOC(=O)[C@H]1CCCN(CC(=O)N2N=C(c3cccc(OC)c3)C[C@@H]2c2ccc(OC)cc2OC)C1. The van der Waals surface area contributed by atoms with E-state index in [0.717, 1.165) is 42.0 Å². The van der Waals surface area contributed by atoms with Gasteiger partial charge in [-0.05, 0) is 50.6 Å². The van der Waals surface area contributed by atoms with Gasteiger partial charge < -0.3 is 18.9 Å². The highest BCUT2D eigenvalue weighted by Crippen LogP contribution is 2.39. The van der Waals surface area contributed by atoms with Gasteiger partial charge in [0.25, 0.3) is 5.91 Å². The number of esters is 1. The summed E-state index contributed by atoms with van der Waals surface area (Å²) in [6.45, 7) is 3.58. The first-order valence-electron chi connectivity index (χ1n) is 12.6. The lowest BCUT2D eigenvalue weighted by atomic mass is 9.97. The number of hydrogen-bond donors (Lipinski definition) is 0. The van der Waals surface area contributed by atoms with Gasteiger partial charge in [-0.25, -0.2) is 5.01 Å². The molecule has 9 nitrogen and oxygen atoms in total. The summed E-state index contributed by atoms with van der Waals surface area (Å²) in [5, 5.41) is 6.36. The molecule has 0 radical (unpaired) electrons. The second-order valence-electron chi connectivity index (χ2n) is 9.17. The van der Waals surface area contributed by atoms with Crippen LogP contribution in [0.5, 0.6) is 17.2 Å². The van der Waals surface area contributed by atoms with Crippen LogP contribution in [0.3, 0.4) is 0 Å². The van der Waals surface area contributed by atoms with Crippen molar-refractivity contribution in [1.29, 1.82) is 0 Å². The number of hydrazone groups is 1. The predicted molar refractivity (Wildman–Crippen MR) is 139 cm³/mol. The molecule has 0 aliphatic carbocycles. The molecule has 2 aromatic carbocycles. The van der Waals surface area contributed by atoms with Gasteiger partial charge in [-0.3, -0.25) is 14.5 Å². The first kappa shape index (κ1) is 26.5. The Morgan fingerprint density at radius 1 is 1.03 bits per heavy atom. The molecule has 1 fully saturated rings. The summed E-state index contributed by atoms with van der Waals surface area (Å²) in [5.41, 5.74) is 2.53. The topological polar surface area (TPSA) is 89.9 Å². The lowest BCUT2D eigenvalue weighted by Gasteiger charge is -2.32. The van der Waals surface area contributed by atoms with Gasteiger partial charge in [0.1, 0.15) is 17.2 Å². The van der Waals surface area contributed by atoms with Crippen LogP contribution in [0.4, 0.5) is 0 Å². The molecular formula is C28H35N3O6. The summed E-state index contributed by atoms with van der Waals surface area (Å²) in [7, 11) is 4.83. The van der Waals surface area contributed by atoms with Crippen molar-refractivity contribution in [2.75, 3.05) is 47.6 Å². The van der Waals surface area contributed by atoms with E-state index in [9.17, 15) is 9.59 Å². The van der Waals surface area contributed by atoms with E-state index < -0.39 is 0 Å². The highest BCUT2D eigenvalue weighted by Gasteiger charge is 2.36. The number of ether oxygens (including phenoxy) is 4. The molecule has 2 atom stereocenters. The van der Waals surface area contributed by atoms with Crippen molar-refractivity contribution in [2.45, 2.75) is 32.2 Å². The number of methoxy groups -OCH3 is 3. The van der Waals surface area contributed by atoms with Crippen LogP contribution in [0.15, 0.2) is 47.6 Å². The Bertz CT molecular complexity index is 1150. The molecule has 2 aromatic rings. The summed E-state index contributed by atoms with van der Waals surface area (Å²) in [6, 6.07) is 12.9. The number of nitrogens with zero attached hydrogens (tertiary/aromatic N) is 3. The van der Waals surface area contributed by atoms with E-state index in [1.807, 2.05) is 47.4 Å². The fourth-order valence-corrected chi connectivity index (χ4v) is 4.97. The van der Waals surface area contributed by atoms with Gasteiger partial charge in [-0.1, -0.05) is 12.1 Å². The molecule has 0 unspecified atom stereocenters. The molecule has 0 aromatic heterocycles. The van der Waals surface area contributed by atoms with E-state index in [2.05, 4.69) is 0 Å². The molecule has 1 saturated heterocycles. The van der Waals surface area contributed by atoms with Gasteiger partial charge in [0.2, 0.25) is 0 Å². The third-order valence-corrected chi connectivity index (χ3v) is 6.85. The second kappa shape index (κ2) is 12.1. The van der Waals surface area contributed by atoms with Crippen LogP contribution in [0.2, 0.25) is 0 Å².